The molecule has 0 unspecified atom stereocenters. The summed E-state index contributed by atoms with van der Waals surface area (Å²) >= 11 is 0. The number of phenolic OH excluding ortho intramolecular Hbond substituents is 1. The van der Waals surface area contributed by atoms with Crippen LogP contribution in [-0.4, -0.2) is 16.6 Å². The minimum absolute atomic E-state index is 0.102. The molecule has 2 rings (SSSR count). The molecule has 1 aliphatic rings. The lowest BCUT2D eigenvalue weighted by Gasteiger charge is -2.26. The fourth-order valence-electron chi connectivity index (χ4n) is 2.14. The van der Waals surface area contributed by atoms with Crippen LogP contribution >= 0.6 is 0 Å². The Balaban J connectivity index is 2.17. The van der Waals surface area contributed by atoms with Gasteiger partial charge in [0.1, 0.15) is 5.75 Å². The van der Waals surface area contributed by atoms with Gasteiger partial charge in [-0.25, -0.2) is 0 Å². The number of benzene rings is 1. The highest BCUT2D eigenvalue weighted by molar-refractivity contribution is 5.96. The van der Waals surface area contributed by atoms with Crippen LogP contribution in [0.2, 0.25) is 0 Å². The molecule has 1 aromatic carbocycles. The summed E-state index contributed by atoms with van der Waals surface area (Å²) in [5, 5.41) is 12.6. The van der Waals surface area contributed by atoms with Gasteiger partial charge in [0.15, 0.2) is 0 Å². The summed E-state index contributed by atoms with van der Waals surface area (Å²) in [5.74, 6) is 0.654. The van der Waals surface area contributed by atoms with Crippen LogP contribution in [0.25, 0.3) is 0 Å². The quantitative estimate of drug-likeness (QED) is 0.843. The summed E-state index contributed by atoms with van der Waals surface area (Å²) in [4.78, 5) is 12.1. The zero-order valence-electron chi connectivity index (χ0n) is 10.6. The first kappa shape index (κ1) is 12.0. The van der Waals surface area contributed by atoms with Crippen molar-refractivity contribution >= 4 is 5.91 Å². The van der Waals surface area contributed by atoms with Crippen molar-refractivity contribution in [2.24, 2.45) is 5.92 Å². The van der Waals surface area contributed by atoms with Crippen molar-refractivity contribution in [3.63, 3.8) is 0 Å². The lowest BCUT2D eigenvalue weighted by Crippen LogP contribution is -2.45. The van der Waals surface area contributed by atoms with E-state index in [2.05, 4.69) is 19.2 Å². The lowest BCUT2D eigenvalue weighted by atomic mass is 9.97. The second-order valence-electron chi connectivity index (χ2n) is 5.40. The van der Waals surface area contributed by atoms with Crippen LogP contribution in [0.4, 0.5) is 0 Å². The van der Waals surface area contributed by atoms with Crippen LogP contribution in [0.1, 0.15) is 42.6 Å². The number of amides is 1. The molecule has 3 nitrogen and oxygen atoms in total. The number of hydrogen-bond donors (Lipinski definition) is 2. The highest BCUT2D eigenvalue weighted by Crippen LogP contribution is 2.39. The van der Waals surface area contributed by atoms with Gasteiger partial charge in [0.2, 0.25) is 0 Å². The molecule has 0 heterocycles. The first-order chi connectivity index (χ1) is 7.92. The number of aromatic hydroxyl groups is 1. The SMILES string of the molecule is Cc1c(O)cccc1C(=O)NC(C)(C)C1CC1. The number of carbonyl (C=O) groups is 1. The van der Waals surface area contributed by atoms with E-state index in [4.69, 9.17) is 0 Å². The Morgan fingerprint density at radius 2 is 2.06 bits per heavy atom. The highest BCUT2D eigenvalue weighted by atomic mass is 16.3. The molecular weight excluding hydrogens is 214 g/mol. The summed E-state index contributed by atoms with van der Waals surface area (Å²) in [5.41, 5.74) is 1.03. The summed E-state index contributed by atoms with van der Waals surface area (Å²) in [6.07, 6.45) is 2.37. The van der Waals surface area contributed by atoms with Gasteiger partial charge in [-0.3, -0.25) is 4.79 Å². The van der Waals surface area contributed by atoms with Crippen LogP contribution < -0.4 is 5.32 Å². The Morgan fingerprint density at radius 3 is 2.65 bits per heavy atom. The Hall–Kier alpha value is -1.51. The number of nitrogens with one attached hydrogen (secondary N) is 1. The molecule has 17 heavy (non-hydrogen) atoms. The van der Waals surface area contributed by atoms with Crippen LogP contribution in [0.3, 0.4) is 0 Å². The molecule has 1 fully saturated rings. The number of carbonyl (C=O) groups excluding carboxylic acids is 1. The Labute approximate surface area is 102 Å². The molecule has 0 atom stereocenters. The molecular formula is C14H19NO2. The average molecular weight is 233 g/mol. The van der Waals surface area contributed by atoms with E-state index < -0.39 is 0 Å². The van der Waals surface area contributed by atoms with Gasteiger partial charge in [-0.1, -0.05) is 6.07 Å². The van der Waals surface area contributed by atoms with Gasteiger partial charge in [0, 0.05) is 16.7 Å². The second kappa shape index (κ2) is 4.06. The zero-order chi connectivity index (χ0) is 12.6. The van der Waals surface area contributed by atoms with Gasteiger partial charge in [-0.15, -0.1) is 0 Å². The van der Waals surface area contributed by atoms with E-state index in [-0.39, 0.29) is 17.2 Å². The van der Waals surface area contributed by atoms with Gasteiger partial charge in [0.05, 0.1) is 0 Å². The molecule has 1 amide bonds. The fraction of sp³-hybridized carbons (Fsp3) is 0.500. The fourth-order valence-corrected chi connectivity index (χ4v) is 2.14. The van der Waals surface area contributed by atoms with Crippen LogP contribution in [-0.2, 0) is 0 Å². The summed E-state index contributed by atoms with van der Waals surface area (Å²) in [7, 11) is 0. The van der Waals surface area contributed by atoms with E-state index >= 15 is 0 Å². The van der Waals surface area contributed by atoms with E-state index in [0.29, 0.717) is 17.0 Å². The number of phenols is 1. The van der Waals surface area contributed by atoms with Crippen molar-refractivity contribution in [2.75, 3.05) is 0 Å². The van der Waals surface area contributed by atoms with Crippen molar-refractivity contribution in [2.45, 2.75) is 39.2 Å². The monoisotopic (exact) mass is 233 g/mol. The first-order valence-electron chi connectivity index (χ1n) is 6.03. The molecule has 1 aromatic rings. The normalized spacial score (nSPS) is 15.7. The molecule has 0 bridgehead atoms. The first-order valence-corrected chi connectivity index (χ1v) is 6.03. The maximum absolute atomic E-state index is 12.1. The standard InChI is InChI=1S/C14H19NO2/c1-9-11(5-4-6-12(9)16)13(17)15-14(2,3)10-7-8-10/h4-6,10,16H,7-8H2,1-3H3,(H,15,17). The molecule has 0 aliphatic heterocycles. The summed E-state index contributed by atoms with van der Waals surface area (Å²) in [6, 6.07) is 5.03. The van der Waals surface area contributed by atoms with Crippen molar-refractivity contribution < 1.29 is 9.90 Å². The topological polar surface area (TPSA) is 49.3 Å². The third kappa shape index (κ3) is 2.43. The average Bonchev–Trinajstić information content (AvgIpc) is 3.04. The summed E-state index contributed by atoms with van der Waals surface area (Å²) in [6.45, 7) is 5.87. The maximum Gasteiger partial charge on any atom is 0.252 e. The van der Waals surface area contributed by atoms with Gasteiger partial charge in [-0.2, -0.15) is 0 Å². The predicted molar refractivity (Wildman–Crippen MR) is 67.1 cm³/mol. The van der Waals surface area contributed by atoms with E-state index in [0.717, 1.165) is 0 Å². The van der Waals surface area contributed by atoms with Crippen LogP contribution in [0.15, 0.2) is 18.2 Å². The van der Waals surface area contributed by atoms with Crippen molar-refractivity contribution in [1.29, 1.82) is 0 Å². The third-order valence-electron chi connectivity index (χ3n) is 3.58. The Kier molecular flexibility index (Phi) is 2.86. The molecule has 0 aromatic heterocycles. The minimum Gasteiger partial charge on any atom is -0.508 e. The lowest BCUT2D eigenvalue weighted by molar-refractivity contribution is 0.0902. The largest absolute Gasteiger partial charge is 0.508 e. The van der Waals surface area contributed by atoms with Crippen molar-refractivity contribution in [3.8, 4) is 5.75 Å². The smallest absolute Gasteiger partial charge is 0.252 e. The van der Waals surface area contributed by atoms with E-state index in [1.807, 2.05) is 0 Å². The minimum atomic E-state index is -0.158. The molecule has 92 valence electrons. The van der Waals surface area contributed by atoms with E-state index in [9.17, 15) is 9.90 Å². The van der Waals surface area contributed by atoms with Gasteiger partial charge in [0.25, 0.3) is 5.91 Å². The second-order valence-corrected chi connectivity index (χ2v) is 5.40. The van der Waals surface area contributed by atoms with Crippen LogP contribution in [0, 0.1) is 12.8 Å². The van der Waals surface area contributed by atoms with E-state index in [1.165, 1.54) is 12.8 Å². The third-order valence-corrected chi connectivity index (χ3v) is 3.58. The zero-order valence-corrected chi connectivity index (χ0v) is 10.6. The molecule has 1 aliphatic carbocycles. The van der Waals surface area contributed by atoms with Gasteiger partial charge >= 0.3 is 0 Å². The van der Waals surface area contributed by atoms with Crippen molar-refractivity contribution in [1.82, 2.24) is 5.32 Å². The van der Waals surface area contributed by atoms with E-state index in [1.54, 1.807) is 25.1 Å². The van der Waals surface area contributed by atoms with Gasteiger partial charge < -0.3 is 10.4 Å². The highest BCUT2D eigenvalue weighted by Gasteiger charge is 2.38. The molecule has 0 spiro atoms. The molecule has 3 heteroatoms. The summed E-state index contributed by atoms with van der Waals surface area (Å²) < 4.78 is 0. The molecule has 0 radical (unpaired) electrons. The number of rotatable bonds is 3. The van der Waals surface area contributed by atoms with Crippen LogP contribution in [0.5, 0.6) is 5.75 Å². The maximum atomic E-state index is 12.1. The molecule has 1 saturated carbocycles. The Bertz CT molecular complexity index is 448. The van der Waals surface area contributed by atoms with Crippen molar-refractivity contribution in [3.05, 3.63) is 29.3 Å². The molecule has 0 saturated heterocycles. The van der Waals surface area contributed by atoms with Gasteiger partial charge in [-0.05, 0) is 51.7 Å². The predicted octanol–water partition coefficient (Wildman–Crippen LogP) is 2.62. The molecule has 2 N–H and O–H groups in total. The number of hydrogen-bond acceptors (Lipinski definition) is 2. The Morgan fingerprint density at radius 1 is 1.41 bits per heavy atom.